The fourth-order valence-electron chi connectivity index (χ4n) is 4.97. The molecule has 1 N–H and O–H groups in total. The molecule has 6 aromatic carbocycles. The maximum Gasteiger partial charge on any atom is 0.0659 e. The molecule has 0 saturated heterocycles. The van der Waals surface area contributed by atoms with Crippen LogP contribution < -0.4 is 5.01 Å². The van der Waals surface area contributed by atoms with Crippen LogP contribution in [0.3, 0.4) is 0 Å². The molecule has 0 fully saturated rings. The van der Waals surface area contributed by atoms with Gasteiger partial charge in [0.2, 0.25) is 0 Å². The Morgan fingerprint density at radius 1 is 0.500 bits per heavy atom. The van der Waals surface area contributed by atoms with Gasteiger partial charge in [-0.2, -0.15) is 5.10 Å². The van der Waals surface area contributed by atoms with Crippen LogP contribution in [-0.4, -0.2) is 11.2 Å². The summed E-state index contributed by atoms with van der Waals surface area (Å²) < 4.78 is 0. The molecule has 3 nitrogen and oxygen atoms in total. The third-order valence-electron chi connectivity index (χ3n) is 6.81. The second kappa shape index (κ2) is 8.40. The Labute approximate surface area is 208 Å². The van der Waals surface area contributed by atoms with E-state index in [0.717, 1.165) is 28.0 Å². The summed E-state index contributed by atoms with van der Waals surface area (Å²) in [5.74, 6) is 0. The van der Waals surface area contributed by atoms with Gasteiger partial charge >= 0.3 is 0 Å². The summed E-state index contributed by atoms with van der Waals surface area (Å²) in [5.41, 5.74) is 5.38. The average Bonchev–Trinajstić information content (AvgIpc) is 3.31. The van der Waals surface area contributed by atoms with Gasteiger partial charge in [0.1, 0.15) is 0 Å². The van der Waals surface area contributed by atoms with E-state index in [9.17, 15) is 0 Å². The molecule has 0 unspecified atom stereocenters. The van der Waals surface area contributed by atoms with E-state index in [2.05, 4.69) is 132 Å². The summed E-state index contributed by atoms with van der Waals surface area (Å²) in [6, 6.07) is 44.7. The minimum Gasteiger partial charge on any atom is -0.355 e. The van der Waals surface area contributed by atoms with Gasteiger partial charge in [0, 0.05) is 21.8 Å². The van der Waals surface area contributed by atoms with Crippen LogP contribution in [0.5, 0.6) is 0 Å². The minimum atomic E-state index is 1.02. The molecule has 0 amide bonds. The number of hydrogen-bond donors (Lipinski definition) is 1. The van der Waals surface area contributed by atoms with E-state index in [4.69, 9.17) is 5.10 Å². The molecule has 7 rings (SSSR count). The van der Waals surface area contributed by atoms with Crippen LogP contribution in [0.15, 0.2) is 132 Å². The monoisotopic (exact) mass is 461 g/mol. The van der Waals surface area contributed by atoms with Gasteiger partial charge in [-0.3, -0.25) is 0 Å². The molecule has 0 atom stereocenters. The quantitative estimate of drug-likeness (QED) is 0.206. The topological polar surface area (TPSA) is 31.4 Å². The molecule has 0 bridgehead atoms. The Kier molecular flexibility index (Phi) is 4.78. The fraction of sp³-hybridized carbons (Fsp3) is 0. The summed E-state index contributed by atoms with van der Waals surface area (Å²) in [6.45, 7) is 0. The van der Waals surface area contributed by atoms with Crippen LogP contribution in [0, 0.1) is 0 Å². The predicted molar refractivity (Wildman–Crippen MR) is 153 cm³/mol. The number of nitrogens with zero attached hydrogens (tertiary/aromatic N) is 2. The molecule has 3 heteroatoms. The van der Waals surface area contributed by atoms with Gasteiger partial charge in [-0.15, -0.1) is 0 Å². The van der Waals surface area contributed by atoms with Crippen molar-refractivity contribution >= 4 is 60.9 Å². The molecular weight excluding hydrogens is 438 g/mol. The first-order chi connectivity index (χ1) is 17.8. The highest BCUT2D eigenvalue weighted by Crippen LogP contribution is 2.32. The molecule has 7 aromatic rings. The van der Waals surface area contributed by atoms with E-state index in [1.165, 1.54) is 32.3 Å². The van der Waals surface area contributed by atoms with Gasteiger partial charge < -0.3 is 4.98 Å². The second-order valence-corrected chi connectivity index (χ2v) is 9.09. The van der Waals surface area contributed by atoms with Crippen molar-refractivity contribution in [2.75, 3.05) is 5.01 Å². The molecule has 1 heterocycles. The molecule has 0 radical (unpaired) electrons. The number of anilines is 2. The number of fused-ring (bicyclic) bond motifs is 5. The van der Waals surface area contributed by atoms with Crippen molar-refractivity contribution in [3.05, 3.63) is 133 Å². The Morgan fingerprint density at radius 2 is 1.08 bits per heavy atom. The van der Waals surface area contributed by atoms with E-state index >= 15 is 0 Å². The van der Waals surface area contributed by atoms with E-state index in [1.54, 1.807) is 0 Å². The van der Waals surface area contributed by atoms with E-state index < -0.39 is 0 Å². The second-order valence-electron chi connectivity index (χ2n) is 9.09. The Balaban J connectivity index is 1.35. The van der Waals surface area contributed by atoms with Crippen LogP contribution in [0.1, 0.15) is 5.56 Å². The number of hydrazone groups is 1. The van der Waals surface area contributed by atoms with Crippen LogP contribution in [0.4, 0.5) is 11.4 Å². The van der Waals surface area contributed by atoms with Crippen molar-refractivity contribution in [3.8, 4) is 0 Å². The number of rotatable bonds is 4. The minimum absolute atomic E-state index is 1.02. The van der Waals surface area contributed by atoms with E-state index in [1.807, 2.05) is 11.2 Å². The standard InChI is InChI=1S/C33H23N3/c1-3-9-26-20-28(16-14-24(26)7-1)36(29-17-15-25-8-2-4-10-27(25)21-29)34-22-23-13-18-33-31(19-23)30-11-5-6-12-32(30)35-33/h1-22,35H. The Hall–Kier alpha value is -4.89. The lowest BCUT2D eigenvalue weighted by molar-refractivity contribution is 1.10. The molecule has 0 aliphatic carbocycles. The summed E-state index contributed by atoms with van der Waals surface area (Å²) in [5, 5.41) is 14.3. The lowest BCUT2D eigenvalue weighted by Gasteiger charge is -2.20. The zero-order valence-corrected chi connectivity index (χ0v) is 19.6. The first-order valence-corrected chi connectivity index (χ1v) is 12.1. The van der Waals surface area contributed by atoms with Crippen molar-refractivity contribution in [1.29, 1.82) is 0 Å². The Bertz CT molecular complexity index is 1830. The first kappa shape index (κ1) is 20.5. The molecule has 1 aromatic heterocycles. The number of aromatic amines is 1. The smallest absolute Gasteiger partial charge is 0.0659 e. The molecule has 0 spiro atoms. The molecule has 0 saturated carbocycles. The lowest BCUT2D eigenvalue weighted by atomic mass is 10.1. The van der Waals surface area contributed by atoms with Crippen molar-refractivity contribution in [2.45, 2.75) is 0 Å². The SMILES string of the molecule is C(=NN(c1ccc2ccccc2c1)c1ccc2ccccc2c1)c1ccc2[nH]c3ccccc3c2c1. The first-order valence-electron chi connectivity index (χ1n) is 12.1. The van der Waals surface area contributed by atoms with Gasteiger partial charge in [0.25, 0.3) is 0 Å². The van der Waals surface area contributed by atoms with Gasteiger partial charge in [-0.25, -0.2) is 5.01 Å². The summed E-state index contributed by atoms with van der Waals surface area (Å²) in [4.78, 5) is 3.50. The van der Waals surface area contributed by atoms with Gasteiger partial charge in [0.05, 0.1) is 17.6 Å². The maximum atomic E-state index is 5.02. The van der Waals surface area contributed by atoms with E-state index in [-0.39, 0.29) is 0 Å². The van der Waals surface area contributed by atoms with Crippen LogP contribution in [0.2, 0.25) is 0 Å². The highest BCUT2D eigenvalue weighted by Gasteiger charge is 2.11. The zero-order valence-electron chi connectivity index (χ0n) is 19.6. The van der Waals surface area contributed by atoms with Gasteiger partial charge in [0.15, 0.2) is 0 Å². The maximum absolute atomic E-state index is 5.02. The van der Waals surface area contributed by atoms with Crippen molar-refractivity contribution in [2.24, 2.45) is 5.10 Å². The summed E-state index contributed by atoms with van der Waals surface area (Å²) >= 11 is 0. The number of nitrogens with one attached hydrogen (secondary N) is 1. The molecule has 170 valence electrons. The number of para-hydroxylation sites is 1. The third kappa shape index (κ3) is 3.58. The predicted octanol–water partition coefficient (Wildman–Crippen LogP) is 8.80. The molecule has 0 aliphatic rings. The van der Waals surface area contributed by atoms with Gasteiger partial charge in [-0.05, 0) is 69.6 Å². The number of H-pyrrole nitrogens is 1. The van der Waals surface area contributed by atoms with Crippen molar-refractivity contribution in [3.63, 3.8) is 0 Å². The zero-order chi connectivity index (χ0) is 23.9. The van der Waals surface area contributed by atoms with E-state index in [0.29, 0.717) is 0 Å². The summed E-state index contributed by atoms with van der Waals surface area (Å²) in [7, 11) is 0. The highest BCUT2D eigenvalue weighted by atomic mass is 15.5. The van der Waals surface area contributed by atoms with Crippen LogP contribution >= 0.6 is 0 Å². The van der Waals surface area contributed by atoms with Crippen molar-refractivity contribution < 1.29 is 0 Å². The number of aromatic nitrogens is 1. The Morgan fingerprint density at radius 3 is 1.78 bits per heavy atom. The van der Waals surface area contributed by atoms with Crippen LogP contribution in [-0.2, 0) is 0 Å². The molecular formula is C33H23N3. The third-order valence-corrected chi connectivity index (χ3v) is 6.81. The highest BCUT2D eigenvalue weighted by molar-refractivity contribution is 6.08. The van der Waals surface area contributed by atoms with Gasteiger partial charge in [-0.1, -0.05) is 84.9 Å². The molecule has 0 aliphatic heterocycles. The largest absolute Gasteiger partial charge is 0.355 e. The van der Waals surface area contributed by atoms with Crippen LogP contribution in [0.25, 0.3) is 43.4 Å². The normalized spacial score (nSPS) is 11.8. The average molecular weight is 462 g/mol. The number of benzene rings is 6. The lowest BCUT2D eigenvalue weighted by Crippen LogP contribution is -2.09. The summed E-state index contributed by atoms with van der Waals surface area (Å²) in [6.07, 6.45) is 1.95. The molecule has 36 heavy (non-hydrogen) atoms. The fourth-order valence-corrected chi connectivity index (χ4v) is 4.97. The van der Waals surface area contributed by atoms with Crippen molar-refractivity contribution in [1.82, 2.24) is 4.98 Å². The number of hydrogen-bond acceptors (Lipinski definition) is 2.